The van der Waals surface area contributed by atoms with E-state index in [9.17, 15) is 14.4 Å². The lowest BCUT2D eigenvalue weighted by molar-refractivity contribution is -0.146. The number of carbonyl (C=O) groups is 3. The molecule has 1 saturated heterocycles. The lowest BCUT2D eigenvalue weighted by atomic mass is 9.95. The second kappa shape index (κ2) is 9.49. The van der Waals surface area contributed by atoms with E-state index in [4.69, 9.17) is 4.74 Å². The third kappa shape index (κ3) is 6.02. The minimum absolute atomic E-state index is 0.0697. The Labute approximate surface area is 144 Å². The van der Waals surface area contributed by atoms with Crippen LogP contribution in [-0.4, -0.2) is 68.5 Å². The normalized spacial score (nSPS) is 18.9. The molecule has 0 aromatic rings. The molecule has 0 saturated carbocycles. The van der Waals surface area contributed by atoms with Crippen molar-refractivity contribution in [2.45, 2.75) is 33.1 Å². The van der Waals surface area contributed by atoms with Gasteiger partial charge in [0.15, 0.2) is 0 Å². The number of amides is 3. The maximum atomic E-state index is 12.4. The Kier molecular flexibility index (Phi) is 8.01. The van der Waals surface area contributed by atoms with E-state index in [1.54, 1.807) is 19.0 Å². The number of carbonyl (C=O) groups excluding carboxylic acids is 3. The number of urea groups is 1. The molecule has 24 heavy (non-hydrogen) atoms. The Morgan fingerprint density at radius 3 is 2.50 bits per heavy atom. The van der Waals surface area contributed by atoms with Crippen molar-refractivity contribution in [3.8, 4) is 0 Å². The number of rotatable bonds is 6. The zero-order valence-corrected chi connectivity index (χ0v) is 15.5. The lowest BCUT2D eigenvalue weighted by Crippen LogP contribution is -2.49. The Morgan fingerprint density at radius 2 is 1.96 bits per heavy atom. The molecule has 1 aliphatic heterocycles. The van der Waals surface area contributed by atoms with Crippen molar-refractivity contribution in [3.05, 3.63) is 0 Å². The average Bonchev–Trinajstić information content (AvgIpc) is 2.56. The maximum absolute atomic E-state index is 12.4. The summed E-state index contributed by atoms with van der Waals surface area (Å²) in [6.45, 7) is 5.45. The van der Waals surface area contributed by atoms with Gasteiger partial charge < -0.3 is 19.9 Å². The van der Waals surface area contributed by atoms with Gasteiger partial charge in [-0.3, -0.25) is 9.59 Å². The molecule has 2 atom stereocenters. The highest BCUT2D eigenvalue weighted by molar-refractivity contribution is 5.81. The molecular formula is C17H31N3O4. The third-order valence-corrected chi connectivity index (χ3v) is 4.26. The maximum Gasteiger partial charge on any atom is 0.319 e. The second-order valence-electron chi connectivity index (χ2n) is 7.06. The van der Waals surface area contributed by atoms with Gasteiger partial charge in [-0.15, -0.1) is 0 Å². The van der Waals surface area contributed by atoms with Crippen LogP contribution in [0.4, 0.5) is 4.79 Å². The molecule has 1 fully saturated rings. The van der Waals surface area contributed by atoms with Gasteiger partial charge in [-0.05, 0) is 25.2 Å². The van der Waals surface area contributed by atoms with Gasteiger partial charge in [-0.1, -0.05) is 13.8 Å². The fraction of sp³-hybridized carbons (Fsp3) is 0.824. The van der Waals surface area contributed by atoms with Gasteiger partial charge in [0.05, 0.1) is 18.9 Å². The summed E-state index contributed by atoms with van der Waals surface area (Å²) in [7, 11) is 4.78. The molecule has 0 radical (unpaired) electrons. The zero-order chi connectivity index (χ0) is 18.3. The molecule has 0 aromatic heterocycles. The van der Waals surface area contributed by atoms with Crippen LogP contribution in [-0.2, 0) is 14.3 Å². The summed E-state index contributed by atoms with van der Waals surface area (Å²) in [6, 6.07) is -0.0697. The fourth-order valence-electron chi connectivity index (χ4n) is 3.01. The van der Waals surface area contributed by atoms with E-state index in [0.717, 1.165) is 12.8 Å². The van der Waals surface area contributed by atoms with Gasteiger partial charge in [0, 0.05) is 33.7 Å². The number of esters is 1. The Hall–Kier alpha value is -1.79. The number of hydrogen-bond donors (Lipinski definition) is 1. The molecule has 0 unspecified atom stereocenters. The van der Waals surface area contributed by atoms with Gasteiger partial charge in [0.1, 0.15) is 0 Å². The van der Waals surface area contributed by atoms with Crippen molar-refractivity contribution in [2.24, 2.45) is 17.8 Å². The largest absolute Gasteiger partial charge is 0.469 e. The number of ether oxygens (including phenoxy) is 1. The molecule has 0 bridgehead atoms. The molecule has 1 heterocycles. The highest BCUT2D eigenvalue weighted by Crippen LogP contribution is 2.18. The number of likely N-dealkylation sites (tertiary alicyclic amines) is 1. The van der Waals surface area contributed by atoms with Crippen molar-refractivity contribution in [1.82, 2.24) is 15.1 Å². The number of hydrogen-bond acceptors (Lipinski definition) is 4. The van der Waals surface area contributed by atoms with Gasteiger partial charge in [-0.2, -0.15) is 0 Å². The van der Waals surface area contributed by atoms with E-state index in [1.165, 1.54) is 12.0 Å². The van der Waals surface area contributed by atoms with Gasteiger partial charge in [-0.25, -0.2) is 4.79 Å². The van der Waals surface area contributed by atoms with E-state index in [0.29, 0.717) is 25.4 Å². The first-order valence-corrected chi connectivity index (χ1v) is 8.58. The number of nitrogens with one attached hydrogen (secondary N) is 1. The van der Waals surface area contributed by atoms with Gasteiger partial charge in [0.25, 0.3) is 0 Å². The minimum Gasteiger partial charge on any atom is -0.469 e. The Morgan fingerprint density at radius 1 is 1.29 bits per heavy atom. The van der Waals surface area contributed by atoms with Crippen LogP contribution in [0, 0.1) is 17.8 Å². The molecule has 1 rings (SSSR count). The molecule has 7 nitrogen and oxygen atoms in total. The molecular weight excluding hydrogens is 310 g/mol. The van der Waals surface area contributed by atoms with E-state index >= 15 is 0 Å². The topological polar surface area (TPSA) is 79.0 Å². The van der Waals surface area contributed by atoms with Gasteiger partial charge in [0.2, 0.25) is 5.91 Å². The van der Waals surface area contributed by atoms with Crippen LogP contribution < -0.4 is 5.32 Å². The molecule has 1 N–H and O–H groups in total. The van der Waals surface area contributed by atoms with E-state index < -0.39 is 0 Å². The predicted molar refractivity (Wildman–Crippen MR) is 91.4 cm³/mol. The molecule has 0 aliphatic carbocycles. The standard InChI is InChI=1S/C17H31N3O4/c1-12(2)9-14(16(22)24-5)10-18-15(21)13-7-6-8-20(11-13)17(23)19(3)4/h12-14H,6-11H2,1-5H3,(H,18,21)/t13-,14-/m0/s1. The van der Waals surface area contributed by atoms with Crippen molar-refractivity contribution in [3.63, 3.8) is 0 Å². The molecule has 0 aromatic carbocycles. The molecule has 0 spiro atoms. The summed E-state index contributed by atoms with van der Waals surface area (Å²) >= 11 is 0. The van der Waals surface area contributed by atoms with E-state index in [2.05, 4.69) is 5.32 Å². The third-order valence-electron chi connectivity index (χ3n) is 4.26. The lowest BCUT2D eigenvalue weighted by Gasteiger charge is -2.33. The monoisotopic (exact) mass is 341 g/mol. The summed E-state index contributed by atoms with van der Waals surface area (Å²) < 4.78 is 4.82. The summed E-state index contributed by atoms with van der Waals surface area (Å²) in [6.07, 6.45) is 2.24. The first kappa shape index (κ1) is 20.3. The summed E-state index contributed by atoms with van der Waals surface area (Å²) in [4.78, 5) is 39.5. The second-order valence-corrected chi connectivity index (χ2v) is 7.06. The minimum atomic E-state index is -0.331. The number of nitrogens with zero attached hydrogens (tertiary/aromatic N) is 2. The highest BCUT2D eigenvalue weighted by atomic mass is 16.5. The predicted octanol–water partition coefficient (Wildman–Crippen LogP) is 1.33. The SMILES string of the molecule is COC(=O)[C@H](CNC(=O)[C@H]1CCCN(C(=O)N(C)C)C1)CC(C)C. The van der Waals surface area contributed by atoms with Crippen LogP contribution in [0.5, 0.6) is 0 Å². The highest BCUT2D eigenvalue weighted by Gasteiger charge is 2.30. The Bertz CT molecular complexity index is 451. The summed E-state index contributed by atoms with van der Waals surface area (Å²) in [5.41, 5.74) is 0. The van der Waals surface area contributed by atoms with E-state index in [1.807, 2.05) is 13.8 Å². The number of piperidine rings is 1. The Balaban J connectivity index is 2.56. The van der Waals surface area contributed by atoms with Crippen LogP contribution in [0.2, 0.25) is 0 Å². The smallest absolute Gasteiger partial charge is 0.319 e. The van der Waals surface area contributed by atoms with Crippen molar-refractivity contribution >= 4 is 17.9 Å². The molecule has 3 amide bonds. The van der Waals surface area contributed by atoms with Crippen LogP contribution in [0.25, 0.3) is 0 Å². The van der Waals surface area contributed by atoms with Crippen LogP contribution in [0.15, 0.2) is 0 Å². The molecule has 7 heteroatoms. The van der Waals surface area contributed by atoms with Crippen molar-refractivity contribution in [1.29, 1.82) is 0 Å². The van der Waals surface area contributed by atoms with Gasteiger partial charge >= 0.3 is 12.0 Å². The van der Waals surface area contributed by atoms with Crippen LogP contribution in [0.3, 0.4) is 0 Å². The molecule has 1 aliphatic rings. The quantitative estimate of drug-likeness (QED) is 0.739. The van der Waals surface area contributed by atoms with E-state index in [-0.39, 0.29) is 36.3 Å². The first-order valence-electron chi connectivity index (χ1n) is 8.58. The zero-order valence-electron chi connectivity index (χ0n) is 15.5. The van der Waals surface area contributed by atoms with Crippen LogP contribution >= 0.6 is 0 Å². The summed E-state index contributed by atoms with van der Waals surface area (Å²) in [5.74, 6) is -0.600. The average molecular weight is 341 g/mol. The fourth-order valence-corrected chi connectivity index (χ4v) is 3.01. The summed E-state index contributed by atoms with van der Waals surface area (Å²) in [5, 5.41) is 2.87. The molecule has 138 valence electrons. The number of methoxy groups -OCH3 is 1. The first-order chi connectivity index (χ1) is 11.3. The van der Waals surface area contributed by atoms with Crippen molar-refractivity contribution in [2.75, 3.05) is 40.8 Å². The van der Waals surface area contributed by atoms with Crippen molar-refractivity contribution < 1.29 is 19.1 Å². The van der Waals surface area contributed by atoms with Crippen LogP contribution in [0.1, 0.15) is 33.1 Å².